The van der Waals surface area contributed by atoms with Gasteiger partial charge in [-0.15, -0.1) is 0 Å². The zero-order valence-corrected chi connectivity index (χ0v) is 12.3. The standard InChI is InChI=1S/C13H24N4S/c1-3-6-12-14-15-13(18)17(12)10-11(2)9-16-7-4-5-8-16/h11H,3-10H2,1-2H3,(H,15,18). The van der Waals surface area contributed by atoms with Gasteiger partial charge in [0.15, 0.2) is 4.77 Å². The topological polar surface area (TPSA) is 36.9 Å². The summed E-state index contributed by atoms with van der Waals surface area (Å²) in [5, 5.41) is 7.25. The minimum absolute atomic E-state index is 0.628. The number of aryl methyl sites for hydroxylation is 1. The van der Waals surface area contributed by atoms with Gasteiger partial charge in [0.1, 0.15) is 5.82 Å². The summed E-state index contributed by atoms with van der Waals surface area (Å²) >= 11 is 5.32. The Bertz CT molecular complexity index is 417. The first-order valence-corrected chi connectivity index (χ1v) is 7.48. The molecule has 1 aliphatic heterocycles. The van der Waals surface area contributed by atoms with E-state index in [9.17, 15) is 0 Å². The number of hydrogen-bond donors (Lipinski definition) is 1. The number of H-pyrrole nitrogens is 1. The highest BCUT2D eigenvalue weighted by atomic mass is 32.1. The van der Waals surface area contributed by atoms with E-state index in [-0.39, 0.29) is 0 Å². The van der Waals surface area contributed by atoms with Gasteiger partial charge in [-0.2, -0.15) is 5.10 Å². The summed E-state index contributed by atoms with van der Waals surface area (Å²) in [5.74, 6) is 1.73. The fourth-order valence-electron chi connectivity index (χ4n) is 2.73. The molecule has 102 valence electrons. The lowest BCUT2D eigenvalue weighted by Gasteiger charge is -2.20. The number of rotatable bonds is 6. The zero-order valence-electron chi connectivity index (χ0n) is 11.5. The molecule has 0 saturated carbocycles. The Morgan fingerprint density at radius 3 is 2.72 bits per heavy atom. The molecule has 1 atom stereocenters. The van der Waals surface area contributed by atoms with E-state index < -0.39 is 0 Å². The lowest BCUT2D eigenvalue weighted by atomic mass is 10.1. The Morgan fingerprint density at radius 1 is 1.33 bits per heavy atom. The average molecular weight is 268 g/mol. The highest BCUT2D eigenvalue weighted by Gasteiger charge is 2.16. The molecule has 0 amide bonds. The molecule has 1 fully saturated rings. The van der Waals surface area contributed by atoms with Crippen LogP contribution in [0.5, 0.6) is 0 Å². The maximum atomic E-state index is 5.32. The van der Waals surface area contributed by atoms with Crippen LogP contribution in [-0.2, 0) is 13.0 Å². The van der Waals surface area contributed by atoms with Crippen LogP contribution in [0.2, 0.25) is 0 Å². The van der Waals surface area contributed by atoms with Crippen molar-refractivity contribution in [1.29, 1.82) is 0 Å². The maximum Gasteiger partial charge on any atom is 0.195 e. The highest BCUT2D eigenvalue weighted by Crippen LogP contribution is 2.13. The third-order valence-corrected chi connectivity index (χ3v) is 3.89. The minimum atomic E-state index is 0.628. The Labute approximate surface area is 114 Å². The molecule has 1 aliphatic rings. The Morgan fingerprint density at radius 2 is 2.06 bits per heavy atom. The quantitative estimate of drug-likeness (QED) is 0.806. The zero-order chi connectivity index (χ0) is 13.0. The summed E-state index contributed by atoms with van der Waals surface area (Å²) in [7, 11) is 0. The second-order valence-corrected chi connectivity index (χ2v) is 5.81. The van der Waals surface area contributed by atoms with E-state index in [0.717, 1.165) is 30.0 Å². The first-order chi connectivity index (χ1) is 8.70. The molecular weight excluding hydrogens is 244 g/mol. The van der Waals surface area contributed by atoms with Crippen molar-refractivity contribution in [2.24, 2.45) is 5.92 Å². The Balaban J connectivity index is 1.94. The molecule has 2 heterocycles. The molecule has 18 heavy (non-hydrogen) atoms. The second kappa shape index (κ2) is 6.48. The smallest absolute Gasteiger partial charge is 0.195 e. The van der Waals surface area contributed by atoms with Crippen LogP contribution in [0.3, 0.4) is 0 Å². The second-order valence-electron chi connectivity index (χ2n) is 5.42. The van der Waals surface area contributed by atoms with Crippen LogP contribution in [0.4, 0.5) is 0 Å². The third kappa shape index (κ3) is 3.42. The normalized spacial score (nSPS) is 18.3. The number of nitrogens with one attached hydrogen (secondary N) is 1. The summed E-state index contributed by atoms with van der Waals surface area (Å²) in [5.41, 5.74) is 0. The Kier molecular flexibility index (Phi) is 4.95. The molecule has 2 rings (SSSR count). The summed E-state index contributed by atoms with van der Waals surface area (Å²) < 4.78 is 2.95. The van der Waals surface area contributed by atoms with E-state index >= 15 is 0 Å². The van der Waals surface area contributed by atoms with Gasteiger partial charge in [-0.05, 0) is 50.5 Å². The monoisotopic (exact) mass is 268 g/mol. The predicted molar refractivity (Wildman–Crippen MR) is 76.2 cm³/mol. The van der Waals surface area contributed by atoms with Crippen LogP contribution in [-0.4, -0.2) is 39.3 Å². The molecule has 5 heteroatoms. The molecule has 0 radical (unpaired) electrons. The van der Waals surface area contributed by atoms with Crippen molar-refractivity contribution in [1.82, 2.24) is 19.7 Å². The number of aromatic nitrogens is 3. The van der Waals surface area contributed by atoms with Gasteiger partial charge in [0.2, 0.25) is 0 Å². The van der Waals surface area contributed by atoms with E-state index in [1.165, 1.54) is 32.5 Å². The highest BCUT2D eigenvalue weighted by molar-refractivity contribution is 7.71. The molecule has 0 spiro atoms. The van der Waals surface area contributed by atoms with Gasteiger partial charge in [-0.3, -0.25) is 5.10 Å². The van der Waals surface area contributed by atoms with Crippen molar-refractivity contribution < 1.29 is 0 Å². The van der Waals surface area contributed by atoms with Crippen LogP contribution in [0.1, 0.15) is 38.9 Å². The first kappa shape index (κ1) is 13.7. The van der Waals surface area contributed by atoms with Crippen LogP contribution in [0.15, 0.2) is 0 Å². The molecule has 1 aromatic heterocycles. The van der Waals surface area contributed by atoms with Crippen molar-refractivity contribution >= 4 is 12.2 Å². The van der Waals surface area contributed by atoms with Gasteiger partial charge >= 0.3 is 0 Å². The summed E-state index contributed by atoms with van der Waals surface area (Å²) in [6.07, 6.45) is 4.83. The summed E-state index contributed by atoms with van der Waals surface area (Å²) in [6.45, 7) is 9.18. The van der Waals surface area contributed by atoms with Crippen LogP contribution >= 0.6 is 12.2 Å². The summed E-state index contributed by atoms with van der Waals surface area (Å²) in [4.78, 5) is 2.56. The van der Waals surface area contributed by atoms with Gasteiger partial charge in [0.05, 0.1) is 0 Å². The van der Waals surface area contributed by atoms with Crippen LogP contribution in [0, 0.1) is 10.7 Å². The van der Waals surface area contributed by atoms with Crippen molar-refractivity contribution in [3.63, 3.8) is 0 Å². The van der Waals surface area contributed by atoms with Crippen molar-refractivity contribution in [2.45, 2.75) is 46.1 Å². The van der Waals surface area contributed by atoms with E-state index in [1.54, 1.807) is 0 Å². The first-order valence-electron chi connectivity index (χ1n) is 7.07. The lowest BCUT2D eigenvalue weighted by molar-refractivity contribution is 0.269. The van der Waals surface area contributed by atoms with Crippen molar-refractivity contribution in [3.05, 3.63) is 10.6 Å². The molecule has 1 saturated heterocycles. The predicted octanol–water partition coefficient (Wildman–Crippen LogP) is 2.63. The molecule has 1 aromatic rings. The van der Waals surface area contributed by atoms with Gasteiger partial charge in [-0.25, -0.2) is 0 Å². The molecule has 1 unspecified atom stereocenters. The molecular formula is C13H24N4S. The number of likely N-dealkylation sites (tertiary alicyclic amines) is 1. The van der Waals surface area contributed by atoms with Crippen LogP contribution < -0.4 is 0 Å². The summed E-state index contributed by atoms with van der Waals surface area (Å²) in [6, 6.07) is 0. The van der Waals surface area contributed by atoms with E-state index in [2.05, 4.69) is 33.5 Å². The largest absolute Gasteiger partial charge is 0.304 e. The molecule has 0 bridgehead atoms. The molecule has 0 aromatic carbocycles. The maximum absolute atomic E-state index is 5.32. The van der Waals surface area contributed by atoms with E-state index in [4.69, 9.17) is 12.2 Å². The van der Waals surface area contributed by atoms with E-state index in [1.807, 2.05) is 0 Å². The fourth-order valence-corrected chi connectivity index (χ4v) is 2.95. The van der Waals surface area contributed by atoms with Gasteiger partial charge < -0.3 is 9.47 Å². The van der Waals surface area contributed by atoms with Gasteiger partial charge in [0.25, 0.3) is 0 Å². The average Bonchev–Trinajstić information content (AvgIpc) is 2.94. The Hall–Kier alpha value is -0.680. The SMILES string of the molecule is CCCc1n[nH]c(=S)n1CC(C)CN1CCCC1. The fraction of sp³-hybridized carbons (Fsp3) is 0.846. The number of aromatic amines is 1. The number of hydrogen-bond acceptors (Lipinski definition) is 3. The van der Waals surface area contributed by atoms with Gasteiger partial charge in [-0.1, -0.05) is 13.8 Å². The van der Waals surface area contributed by atoms with Crippen LogP contribution in [0.25, 0.3) is 0 Å². The number of nitrogens with zero attached hydrogens (tertiary/aromatic N) is 3. The molecule has 4 nitrogen and oxygen atoms in total. The van der Waals surface area contributed by atoms with E-state index in [0.29, 0.717) is 5.92 Å². The van der Waals surface area contributed by atoms with Crippen molar-refractivity contribution in [3.8, 4) is 0 Å². The van der Waals surface area contributed by atoms with Gasteiger partial charge in [0, 0.05) is 19.5 Å². The molecule has 0 aliphatic carbocycles. The molecule has 1 N–H and O–H groups in total. The lowest BCUT2D eigenvalue weighted by Crippen LogP contribution is -2.28. The third-order valence-electron chi connectivity index (χ3n) is 3.57. The van der Waals surface area contributed by atoms with Crippen molar-refractivity contribution in [2.75, 3.05) is 19.6 Å². The minimum Gasteiger partial charge on any atom is -0.304 e.